The van der Waals surface area contributed by atoms with E-state index in [1.54, 1.807) is 39.0 Å². The molecule has 1 aliphatic rings. The van der Waals surface area contributed by atoms with Crippen molar-refractivity contribution in [3.63, 3.8) is 0 Å². The van der Waals surface area contributed by atoms with Crippen LogP contribution in [0.15, 0.2) is 18.2 Å². The molecule has 1 aliphatic heterocycles. The zero-order valence-electron chi connectivity index (χ0n) is 13.0. The summed E-state index contributed by atoms with van der Waals surface area (Å²) in [6.07, 6.45) is -1.78. The Bertz CT molecular complexity index is 592. The van der Waals surface area contributed by atoms with E-state index in [0.717, 1.165) is 0 Å². The van der Waals surface area contributed by atoms with Crippen LogP contribution in [0.5, 0.6) is 11.5 Å². The van der Waals surface area contributed by atoms with Gasteiger partial charge < -0.3 is 19.3 Å². The molecule has 7 heteroatoms. The zero-order chi connectivity index (χ0) is 16.5. The number of ether oxygens (including phenoxy) is 3. The van der Waals surface area contributed by atoms with Crippen molar-refractivity contribution < 1.29 is 28.9 Å². The highest BCUT2D eigenvalue weighted by Crippen LogP contribution is 2.37. The van der Waals surface area contributed by atoms with Crippen LogP contribution in [0.2, 0.25) is 0 Å². The lowest BCUT2D eigenvalue weighted by molar-refractivity contribution is -0.144. The third kappa shape index (κ3) is 3.41. The molecule has 2 rings (SSSR count). The maximum atomic E-state index is 12.3. The molecule has 1 unspecified atom stereocenters. The number of hydrogen-bond acceptors (Lipinski definition) is 5. The summed E-state index contributed by atoms with van der Waals surface area (Å²) in [5, 5.41) is 9.19. The summed E-state index contributed by atoms with van der Waals surface area (Å²) in [6, 6.07) is 4.85. The molecule has 1 heterocycles. The van der Waals surface area contributed by atoms with E-state index in [-0.39, 0.29) is 12.3 Å². The number of benzene rings is 1. The van der Waals surface area contributed by atoms with Crippen LogP contribution in [0.25, 0.3) is 0 Å². The molecule has 0 aromatic heterocycles. The smallest absolute Gasteiger partial charge is 0.415 e. The standard InChI is InChI=1S/C15H19NO6/c1-15(2,3)22-14(19)16-8-12(13(17)18)21-11-7-9(20-4)5-6-10(11)16/h5-7,12H,8H2,1-4H3,(H,17,18). The molecular formula is C15H19NO6. The van der Waals surface area contributed by atoms with Gasteiger partial charge in [-0.3, -0.25) is 4.90 Å². The lowest BCUT2D eigenvalue weighted by Gasteiger charge is -2.34. The number of aliphatic carboxylic acids is 1. The molecule has 22 heavy (non-hydrogen) atoms. The number of carboxylic acid groups (broad SMARTS) is 1. The molecule has 0 saturated heterocycles. The first-order valence-corrected chi connectivity index (χ1v) is 6.79. The number of nitrogens with zero attached hydrogens (tertiary/aromatic N) is 1. The lowest BCUT2D eigenvalue weighted by atomic mass is 10.2. The third-order valence-corrected chi connectivity index (χ3v) is 2.96. The summed E-state index contributed by atoms with van der Waals surface area (Å²) in [4.78, 5) is 24.8. The van der Waals surface area contributed by atoms with Crippen LogP contribution in [-0.4, -0.2) is 42.5 Å². The van der Waals surface area contributed by atoms with Crippen LogP contribution in [0, 0.1) is 0 Å². The summed E-state index contributed by atoms with van der Waals surface area (Å²) >= 11 is 0. The van der Waals surface area contributed by atoms with Gasteiger partial charge in [-0.2, -0.15) is 0 Å². The monoisotopic (exact) mass is 309 g/mol. The summed E-state index contributed by atoms with van der Waals surface area (Å²) in [7, 11) is 1.49. The largest absolute Gasteiger partial charge is 0.497 e. The highest BCUT2D eigenvalue weighted by atomic mass is 16.6. The molecule has 0 radical (unpaired) electrons. The Balaban J connectivity index is 2.37. The van der Waals surface area contributed by atoms with E-state index in [1.807, 2.05) is 0 Å². The van der Waals surface area contributed by atoms with Crippen molar-refractivity contribution in [2.24, 2.45) is 0 Å². The average Bonchev–Trinajstić information content (AvgIpc) is 2.43. The van der Waals surface area contributed by atoms with Gasteiger partial charge in [-0.15, -0.1) is 0 Å². The van der Waals surface area contributed by atoms with Crippen molar-refractivity contribution in [1.29, 1.82) is 0 Å². The van der Waals surface area contributed by atoms with Crippen LogP contribution in [0.3, 0.4) is 0 Å². The minimum atomic E-state index is -1.16. The predicted octanol–water partition coefficient (Wildman–Crippen LogP) is 2.28. The van der Waals surface area contributed by atoms with Crippen molar-refractivity contribution in [2.45, 2.75) is 32.5 Å². The van der Waals surface area contributed by atoms with Gasteiger partial charge in [-0.1, -0.05) is 0 Å². The van der Waals surface area contributed by atoms with Crippen LogP contribution < -0.4 is 14.4 Å². The number of carbonyl (C=O) groups is 2. The van der Waals surface area contributed by atoms with E-state index in [1.165, 1.54) is 12.0 Å². The Morgan fingerprint density at radius 1 is 1.36 bits per heavy atom. The number of carbonyl (C=O) groups excluding carboxylic acids is 1. The Hall–Kier alpha value is -2.44. The Morgan fingerprint density at radius 2 is 2.05 bits per heavy atom. The van der Waals surface area contributed by atoms with Gasteiger partial charge in [0.2, 0.25) is 6.10 Å². The van der Waals surface area contributed by atoms with Crippen molar-refractivity contribution in [2.75, 3.05) is 18.6 Å². The first kappa shape index (κ1) is 15.9. The molecular weight excluding hydrogens is 290 g/mol. The normalized spacial score (nSPS) is 17.3. The van der Waals surface area contributed by atoms with Gasteiger partial charge >= 0.3 is 12.1 Å². The third-order valence-electron chi connectivity index (χ3n) is 2.96. The van der Waals surface area contributed by atoms with Crippen molar-refractivity contribution >= 4 is 17.7 Å². The Kier molecular flexibility index (Phi) is 4.16. The first-order chi connectivity index (χ1) is 10.2. The molecule has 1 amide bonds. The maximum Gasteiger partial charge on any atom is 0.415 e. The van der Waals surface area contributed by atoms with E-state index < -0.39 is 23.8 Å². The van der Waals surface area contributed by atoms with E-state index in [4.69, 9.17) is 14.2 Å². The number of carboxylic acids is 1. The van der Waals surface area contributed by atoms with Gasteiger partial charge in [0.15, 0.2) is 0 Å². The van der Waals surface area contributed by atoms with Crippen LogP contribution in [-0.2, 0) is 9.53 Å². The molecule has 1 aromatic carbocycles. The van der Waals surface area contributed by atoms with Gasteiger partial charge in [0.25, 0.3) is 0 Å². The van der Waals surface area contributed by atoms with Crippen LogP contribution >= 0.6 is 0 Å². The van der Waals surface area contributed by atoms with E-state index >= 15 is 0 Å². The molecule has 0 spiro atoms. The fraction of sp³-hybridized carbons (Fsp3) is 0.467. The second-order valence-corrected chi connectivity index (χ2v) is 5.87. The maximum absolute atomic E-state index is 12.3. The molecule has 120 valence electrons. The minimum Gasteiger partial charge on any atom is -0.497 e. The van der Waals surface area contributed by atoms with Gasteiger partial charge in [0.05, 0.1) is 19.3 Å². The van der Waals surface area contributed by atoms with Crippen LogP contribution in [0.4, 0.5) is 10.5 Å². The lowest BCUT2D eigenvalue weighted by Crippen LogP contribution is -2.48. The minimum absolute atomic E-state index is 0.121. The fourth-order valence-electron chi connectivity index (χ4n) is 2.01. The number of amides is 1. The average molecular weight is 309 g/mol. The number of methoxy groups -OCH3 is 1. The number of anilines is 1. The van der Waals surface area contributed by atoms with Crippen LogP contribution in [0.1, 0.15) is 20.8 Å². The van der Waals surface area contributed by atoms with Gasteiger partial charge in [-0.25, -0.2) is 9.59 Å². The SMILES string of the molecule is COc1ccc2c(c1)OC(C(=O)O)CN2C(=O)OC(C)(C)C. The van der Waals surface area contributed by atoms with Gasteiger partial charge in [0.1, 0.15) is 17.1 Å². The summed E-state index contributed by atoms with van der Waals surface area (Å²) in [5.41, 5.74) is -0.228. The summed E-state index contributed by atoms with van der Waals surface area (Å²) in [6.45, 7) is 5.11. The predicted molar refractivity (Wildman–Crippen MR) is 78.6 cm³/mol. The number of fused-ring (bicyclic) bond motifs is 1. The summed E-state index contributed by atoms with van der Waals surface area (Å²) < 4.78 is 15.8. The van der Waals surface area contributed by atoms with E-state index in [9.17, 15) is 14.7 Å². The summed E-state index contributed by atoms with van der Waals surface area (Å²) in [5.74, 6) is -0.375. The second kappa shape index (κ2) is 5.75. The van der Waals surface area contributed by atoms with Crippen molar-refractivity contribution in [3.05, 3.63) is 18.2 Å². The second-order valence-electron chi connectivity index (χ2n) is 5.87. The number of rotatable bonds is 2. The molecule has 0 fully saturated rings. The quantitative estimate of drug-likeness (QED) is 0.902. The van der Waals surface area contributed by atoms with Crippen molar-refractivity contribution in [3.8, 4) is 11.5 Å². The highest BCUT2D eigenvalue weighted by Gasteiger charge is 2.36. The molecule has 1 aromatic rings. The molecule has 0 bridgehead atoms. The van der Waals surface area contributed by atoms with E-state index in [2.05, 4.69) is 0 Å². The van der Waals surface area contributed by atoms with Crippen molar-refractivity contribution in [1.82, 2.24) is 0 Å². The number of hydrogen-bond donors (Lipinski definition) is 1. The molecule has 1 atom stereocenters. The topological polar surface area (TPSA) is 85.3 Å². The fourth-order valence-corrected chi connectivity index (χ4v) is 2.01. The zero-order valence-corrected chi connectivity index (χ0v) is 13.0. The molecule has 7 nitrogen and oxygen atoms in total. The van der Waals surface area contributed by atoms with Gasteiger partial charge in [-0.05, 0) is 32.9 Å². The van der Waals surface area contributed by atoms with Gasteiger partial charge in [0, 0.05) is 6.07 Å². The highest BCUT2D eigenvalue weighted by molar-refractivity contribution is 5.92. The van der Waals surface area contributed by atoms with E-state index in [0.29, 0.717) is 11.4 Å². The Morgan fingerprint density at radius 3 is 2.59 bits per heavy atom. The molecule has 0 saturated carbocycles. The molecule has 1 N–H and O–H groups in total. The first-order valence-electron chi connectivity index (χ1n) is 6.79. The Labute approximate surface area is 128 Å². The molecule has 0 aliphatic carbocycles.